The number of aliphatic carboxylic acids is 1. The van der Waals surface area contributed by atoms with Gasteiger partial charge in [-0.05, 0) is 65.0 Å². The third-order valence-corrected chi connectivity index (χ3v) is 5.29. The van der Waals surface area contributed by atoms with Crippen LogP contribution in [-0.2, 0) is 17.6 Å². The molecule has 0 unspecified atom stereocenters. The van der Waals surface area contributed by atoms with Gasteiger partial charge in [0.25, 0.3) is 5.91 Å². The number of carbonyl (C=O) groups is 2. The molecule has 1 aliphatic carbocycles. The van der Waals surface area contributed by atoms with Crippen LogP contribution < -0.4 is 5.32 Å². The molecule has 0 radical (unpaired) electrons. The molecular formula is C21H27N3O3. The predicted molar refractivity (Wildman–Crippen MR) is 103 cm³/mol. The molecule has 3 rings (SSSR count). The van der Waals surface area contributed by atoms with Gasteiger partial charge in [0.05, 0.1) is 11.1 Å². The summed E-state index contributed by atoms with van der Waals surface area (Å²) in [6.45, 7) is 5.68. The number of carboxylic acids is 1. The normalized spacial score (nSPS) is 13.9. The Morgan fingerprint density at radius 3 is 2.52 bits per heavy atom. The van der Waals surface area contributed by atoms with Crippen molar-refractivity contribution >= 4 is 11.9 Å². The summed E-state index contributed by atoms with van der Waals surface area (Å²) in [5.74, 6) is -1.09. The first-order chi connectivity index (χ1) is 12.8. The van der Waals surface area contributed by atoms with Crippen LogP contribution >= 0.6 is 0 Å². The lowest BCUT2D eigenvalue weighted by Gasteiger charge is -2.18. The Hall–Kier alpha value is -2.63. The largest absolute Gasteiger partial charge is 0.481 e. The van der Waals surface area contributed by atoms with Crippen molar-refractivity contribution in [3.8, 4) is 5.69 Å². The zero-order valence-corrected chi connectivity index (χ0v) is 16.2. The minimum atomic E-state index is -0.867. The van der Waals surface area contributed by atoms with E-state index in [9.17, 15) is 14.7 Å². The lowest BCUT2D eigenvalue weighted by atomic mass is 9.89. The number of carbonyl (C=O) groups excluding carboxylic acids is 1. The molecule has 144 valence electrons. The van der Waals surface area contributed by atoms with Crippen molar-refractivity contribution < 1.29 is 14.7 Å². The predicted octanol–water partition coefficient (Wildman–Crippen LogP) is 3.29. The highest BCUT2D eigenvalue weighted by molar-refractivity contribution is 5.94. The van der Waals surface area contributed by atoms with Crippen LogP contribution in [0, 0.1) is 12.3 Å². The summed E-state index contributed by atoms with van der Waals surface area (Å²) < 4.78 is 1.89. The number of amides is 1. The van der Waals surface area contributed by atoms with E-state index >= 15 is 0 Å². The number of benzene rings is 1. The molecule has 1 heterocycles. The maximum absolute atomic E-state index is 12.7. The van der Waals surface area contributed by atoms with Gasteiger partial charge in [-0.25, -0.2) is 4.68 Å². The molecule has 2 N–H and O–H groups in total. The second-order valence-corrected chi connectivity index (χ2v) is 7.92. The third-order valence-electron chi connectivity index (χ3n) is 5.29. The molecule has 1 aromatic heterocycles. The summed E-state index contributed by atoms with van der Waals surface area (Å²) in [6.07, 6.45) is 4.28. The van der Waals surface area contributed by atoms with Crippen LogP contribution in [0.15, 0.2) is 24.3 Å². The lowest BCUT2D eigenvalue weighted by molar-refractivity contribution is -0.147. The van der Waals surface area contributed by atoms with Crippen LogP contribution in [0.5, 0.6) is 0 Å². The number of hydrogen-bond donors (Lipinski definition) is 2. The number of fused-ring (bicyclic) bond motifs is 1. The van der Waals surface area contributed by atoms with Gasteiger partial charge in [0.15, 0.2) is 5.69 Å². The molecule has 0 atom stereocenters. The Balaban J connectivity index is 1.82. The van der Waals surface area contributed by atoms with E-state index in [1.54, 1.807) is 13.8 Å². The molecule has 0 spiro atoms. The van der Waals surface area contributed by atoms with Crippen molar-refractivity contribution in [1.29, 1.82) is 0 Å². The SMILES string of the molecule is Cc1ccc(-n2nc(C(=O)NCCC(C)(C)C(=O)O)c3c2CCCC3)cc1. The van der Waals surface area contributed by atoms with Crippen molar-refractivity contribution in [1.82, 2.24) is 15.1 Å². The first-order valence-electron chi connectivity index (χ1n) is 9.49. The van der Waals surface area contributed by atoms with E-state index in [1.165, 1.54) is 5.56 Å². The zero-order valence-electron chi connectivity index (χ0n) is 16.2. The summed E-state index contributed by atoms with van der Waals surface area (Å²) in [5, 5.41) is 16.7. The molecule has 1 aromatic carbocycles. The molecule has 1 aliphatic rings. The van der Waals surface area contributed by atoms with Crippen molar-refractivity contribution in [2.24, 2.45) is 5.41 Å². The molecule has 0 fully saturated rings. The van der Waals surface area contributed by atoms with Gasteiger partial charge in [-0.2, -0.15) is 5.10 Å². The van der Waals surface area contributed by atoms with E-state index in [-0.39, 0.29) is 5.91 Å². The van der Waals surface area contributed by atoms with Crippen LogP contribution in [0.1, 0.15) is 60.4 Å². The molecule has 6 nitrogen and oxygen atoms in total. The standard InChI is InChI=1S/C21H27N3O3/c1-14-8-10-15(11-9-14)24-17-7-5-4-6-16(17)18(23-24)19(25)22-13-12-21(2,3)20(26)27/h8-11H,4-7,12-13H2,1-3H3,(H,22,25)(H,26,27). The van der Waals surface area contributed by atoms with Gasteiger partial charge in [-0.1, -0.05) is 17.7 Å². The monoisotopic (exact) mass is 369 g/mol. The van der Waals surface area contributed by atoms with Gasteiger partial charge in [0.1, 0.15) is 0 Å². The summed E-state index contributed by atoms with van der Waals surface area (Å²) in [5.41, 5.74) is 3.88. The topological polar surface area (TPSA) is 84.2 Å². The highest BCUT2D eigenvalue weighted by atomic mass is 16.4. The fourth-order valence-corrected chi connectivity index (χ4v) is 3.36. The van der Waals surface area contributed by atoms with Crippen molar-refractivity contribution in [3.05, 3.63) is 46.8 Å². The molecule has 0 aliphatic heterocycles. The van der Waals surface area contributed by atoms with Crippen LogP contribution in [0.3, 0.4) is 0 Å². The third kappa shape index (κ3) is 4.04. The first kappa shape index (κ1) is 19.1. The fraction of sp³-hybridized carbons (Fsp3) is 0.476. The number of carboxylic acid groups (broad SMARTS) is 1. The number of nitrogens with one attached hydrogen (secondary N) is 1. The maximum Gasteiger partial charge on any atom is 0.309 e. The quantitative estimate of drug-likeness (QED) is 0.818. The van der Waals surface area contributed by atoms with Gasteiger partial charge in [0, 0.05) is 17.8 Å². The number of aryl methyl sites for hydroxylation is 1. The van der Waals surface area contributed by atoms with Crippen LogP contribution in [-0.4, -0.2) is 33.3 Å². The number of rotatable bonds is 6. The van der Waals surface area contributed by atoms with Crippen LogP contribution in [0.2, 0.25) is 0 Å². The molecule has 27 heavy (non-hydrogen) atoms. The lowest BCUT2D eigenvalue weighted by Crippen LogP contribution is -2.32. The minimum absolute atomic E-state index is 0.222. The molecule has 1 amide bonds. The van der Waals surface area contributed by atoms with E-state index in [0.717, 1.165) is 42.6 Å². The Morgan fingerprint density at radius 2 is 1.85 bits per heavy atom. The summed E-state index contributed by atoms with van der Waals surface area (Å²) in [7, 11) is 0. The number of aromatic nitrogens is 2. The molecule has 0 saturated heterocycles. The molecule has 0 bridgehead atoms. The molecule has 6 heteroatoms. The number of hydrogen-bond acceptors (Lipinski definition) is 3. The highest BCUT2D eigenvalue weighted by Gasteiger charge is 2.28. The Bertz CT molecular complexity index is 850. The van der Waals surface area contributed by atoms with Crippen molar-refractivity contribution in [3.63, 3.8) is 0 Å². The summed E-state index contributed by atoms with van der Waals surface area (Å²) in [4.78, 5) is 24.0. The van der Waals surface area contributed by atoms with Crippen LogP contribution in [0.4, 0.5) is 0 Å². The van der Waals surface area contributed by atoms with E-state index in [0.29, 0.717) is 18.7 Å². The van der Waals surface area contributed by atoms with E-state index < -0.39 is 11.4 Å². The van der Waals surface area contributed by atoms with E-state index in [1.807, 2.05) is 35.9 Å². The summed E-state index contributed by atoms with van der Waals surface area (Å²) in [6, 6.07) is 8.13. The van der Waals surface area contributed by atoms with Gasteiger partial charge >= 0.3 is 5.97 Å². The molecule has 2 aromatic rings. The van der Waals surface area contributed by atoms with E-state index in [4.69, 9.17) is 0 Å². The first-order valence-corrected chi connectivity index (χ1v) is 9.49. The van der Waals surface area contributed by atoms with Gasteiger partial charge in [0.2, 0.25) is 0 Å². The van der Waals surface area contributed by atoms with Gasteiger partial charge in [-0.15, -0.1) is 0 Å². The second kappa shape index (κ2) is 7.55. The summed E-state index contributed by atoms with van der Waals surface area (Å²) >= 11 is 0. The second-order valence-electron chi connectivity index (χ2n) is 7.92. The van der Waals surface area contributed by atoms with Crippen molar-refractivity contribution in [2.45, 2.75) is 52.9 Å². The molecular weight excluding hydrogens is 342 g/mol. The van der Waals surface area contributed by atoms with Crippen molar-refractivity contribution in [2.75, 3.05) is 6.54 Å². The van der Waals surface area contributed by atoms with Gasteiger partial charge in [-0.3, -0.25) is 9.59 Å². The maximum atomic E-state index is 12.7. The van der Waals surface area contributed by atoms with E-state index in [2.05, 4.69) is 10.4 Å². The smallest absolute Gasteiger partial charge is 0.309 e. The zero-order chi connectivity index (χ0) is 19.6. The minimum Gasteiger partial charge on any atom is -0.481 e. The average molecular weight is 369 g/mol. The van der Waals surface area contributed by atoms with Gasteiger partial charge < -0.3 is 10.4 Å². The number of nitrogens with zero attached hydrogens (tertiary/aromatic N) is 2. The van der Waals surface area contributed by atoms with Crippen LogP contribution in [0.25, 0.3) is 5.69 Å². The molecule has 0 saturated carbocycles. The Kier molecular flexibility index (Phi) is 5.35. The Morgan fingerprint density at radius 1 is 1.19 bits per heavy atom. The fourth-order valence-electron chi connectivity index (χ4n) is 3.36. The highest BCUT2D eigenvalue weighted by Crippen LogP contribution is 2.27. The average Bonchev–Trinajstić information content (AvgIpc) is 3.02. The Labute approximate surface area is 159 Å².